The Balaban J connectivity index is 1.51. The monoisotopic (exact) mass is 450 g/mol. The number of carbonyl (C=O) groups excluding carboxylic acids is 1. The zero-order chi connectivity index (χ0) is 22.0. The van der Waals surface area contributed by atoms with Gasteiger partial charge in [0.25, 0.3) is 5.91 Å². The number of fused-ring (bicyclic) bond motifs is 1. The van der Waals surface area contributed by atoms with Gasteiger partial charge in [-0.3, -0.25) is 4.79 Å². The molecule has 1 N–H and O–H groups in total. The summed E-state index contributed by atoms with van der Waals surface area (Å²) in [6, 6.07) is 4.74. The van der Waals surface area contributed by atoms with Crippen molar-refractivity contribution in [2.24, 2.45) is 0 Å². The van der Waals surface area contributed by atoms with Gasteiger partial charge in [-0.1, -0.05) is 23.9 Å². The highest BCUT2D eigenvalue weighted by Crippen LogP contribution is 2.32. The minimum absolute atomic E-state index is 0.111. The number of anilines is 1. The SMILES string of the molecule is CSc1nc(N2CCCC2)c2cnn(CCNC(=O)c3ccccc3C(F)(F)F)c2n1. The predicted molar refractivity (Wildman–Crippen MR) is 112 cm³/mol. The van der Waals surface area contributed by atoms with Crippen molar-refractivity contribution in [3.05, 3.63) is 41.6 Å². The normalized spacial score (nSPS) is 14.4. The topological polar surface area (TPSA) is 75.9 Å². The summed E-state index contributed by atoms with van der Waals surface area (Å²) in [5, 5.41) is 8.38. The van der Waals surface area contributed by atoms with Gasteiger partial charge in [-0.2, -0.15) is 18.3 Å². The lowest BCUT2D eigenvalue weighted by molar-refractivity contribution is -0.137. The van der Waals surface area contributed by atoms with E-state index in [1.54, 1.807) is 10.9 Å². The molecule has 0 aliphatic carbocycles. The Morgan fingerprint density at radius 3 is 2.65 bits per heavy atom. The fraction of sp³-hybridized carbons (Fsp3) is 0.400. The van der Waals surface area contributed by atoms with E-state index in [1.165, 1.54) is 30.0 Å². The minimum Gasteiger partial charge on any atom is -0.356 e. The second kappa shape index (κ2) is 8.74. The summed E-state index contributed by atoms with van der Waals surface area (Å²) < 4.78 is 41.1. The van der Waals surface area contributed by atoms with Crippen LogP contribution in [0.2, 0.25) is 0 Å². The third-order valence-electron chi connectivity index (χ3n) is 5.13. The summed E-state index contributed by atoms with van der Waals surface area (Å²) in [6.07, 6.45) is 1.23. The quantitative estimate of drug-likeness (QED) is 0.457. The standard InChI is InChI=1S/C20H21F3N6OS/c1-31-19-26-16(28-9-4-5-10-28)14-12-25-29(17(14)27-19)11-8-24-18(30)13-6-2-3-7-15(13)20(21,22)23/h2-3,6-7,12H,4-5,8-11H2,1H3,(H,24,30). The Hall–Kier alpha value is -2.82. The molecule has 1 saturated heterocycles. The van der Waals surface area contributed by atoms with E-state index in [0.29, 0.717) is 10.8 Å². The fourth-order valence-electron chi connectivity index (χ4n) is 3.64. The van der Waals surface area contributed by atoms with Gasteiger partial charge in [-0.25, -0.2) is 14.6 Å². The maximum atomic E-state index is 13.2. The predicted octanol–water partition coefficient (Wildman–Crippen LogP) is 3.60. The molecule has 1 aromatic carbocycles. The van der Waals surface area contributed by atoms with E-state index in [2.05, 4.69) is 25.3 Å². The van der Waals surface area contributed by atoms with Gasteiger partial charge in [0.2, 0.25) is 0 Å². The van der Waals surface area contributed by atoms with E-state index in [1.807, 2.05) is 6.26 Å². The number of aromatic nitrogens is 4. The summed E-state index contributed by atoms with van der Waals surface area (Å²) in [4.78, 5) is 23.8. The second-order valence-corrected chi connectivity index (χ2v) is 7.91. The van der Waals surface area contributed by atoms with E-state index in [0.717, 1.165) is 43.2 Å². The zero-order valence-electron chi connectivity index (χ0n) is 16.8. The summed E-state index contributed by atoms with van der Waals surface area (Å²) >= 11 is 1.43. The van der Waals surface area contributed by atoms with E-state index < -0.39 is 23.2 Å². The molecule has 31 heavy (non-hydrogen) atoms. The van der Waals surface area contributed by atoms with Crippen LogP contribution in [-0.2, 0) is 12.7 Å². The van der Waals surface area contributed by atoms with E-state index >= 15 is 0 Å². The van der Waals surface area contributed by atoms with Crippen molar-refractivity contribution in [2.45, 2.75) is 30.7 Å². The van der Waals surface area contributed by atoms with Crippen LogP contribution in [0.1, 0.15) is 28.8 Å². The molecule has 7 nitrogen and oxygen atoms in total. The summed E-state index contributed by atoms with van der Waals surface area (Å²) in [5.41, 5.74) is -0.709. The highest BCUT2D eigenvalue weighted by Gasteiger charge is 2.34. The number of rotatable bonds is 6. The first-order chi connectivity index (χ1) is 14.9. The van der Waals surface area contributed by atoms with Crippen LogP contribution in [0.25, 0.3) is 11.0 Å². The third kappa shape index (κ3) is 4.46. The van der Waals surface area contributed by atoms with Crippen LogP contribution in [0.15, 0.2) is 35.6 Å². The number of halogens is 3. The smallest absolute Gasteiger partial charge is 0.356 e. The van der Waals surface area contributed by atoms with Crippen LogP contribution in [0, 0.1) is 0 Å². The molecule has 3 heterocycles. The molecule has 0 atom stereocenters. The van der Waals surface area contributed by atoms with E-state index in [-0.39, 0.29) is 13.1 Å². The number of amides is 1. The molecule has 1 amide bonds. The highest BCUT2D eigenvalue weighted by atomic mass is 32.2. The average Bonchev–Trinajstić information content (AvgIpc) is 3.43. The number of hydrogen-bond donors (Lipinski definition) is 1. The number of nitrogens with one attached hydrogen (secondary N) is 1. The lowest BCUT2D eigenvalue weighted by Crippen LogP contribution is -2.29. The van der Waals surface area contributed by atoms with Crippen molar-refractivity contribution in [1.29, 1.82) is 0 Å². The van der Waals surface area contributed by atoms with Crippen LogP contribution in [0.3, 0.4) is 0 Å². The lowest BCUT2D eigenvalue weighted by atomic mass is 10.1. The molecule has 11 heteroatoms. The number of nitrogens with zero attached hydrogens (tertiary/aromatic N) is 5. The van der Waals surface area contributed by atoms with Gasteiger partial charge in [-0.15, -0.1) is 0 Å². The third-order valence-corrected chi connectivity index (χ3v) is 5.68. The summed E-state index contributed by atoms with van der Waals surface area (Å²) in [5.74, 6) is 0.0720. The number of thioether (sulfide) groups is 1. The summed E-state index contributed by atoms with van der Waals surface area (Å²) in [7, 11) is 0. The molecule has 2 aromatic heterocycles. The van der Waals surface area contributed by atoms with Crippen LogP contribution < -0.4 is 10.2 Å². The molecule has 1 aliphatic heterocycles. The zero-order valence-corrected chi connectivity index (χ0v) is 17.6. The van der Waals surface area contributed by atoms with Gasteiger partial charge in [0, 0.05) is 19.6 Å². The van der Waals surface area contributed by atoms with Crippen LogP contribution >= 0.6 is 11.8 Å². The Kier molecular flexibility index (Phi) is 6.03. The molecule has 0 unspecified atom stereocenters. The molecule has 0 radical (unpaired) electrons. The van der Waals surface area contributed by atoms with Crippen molar-refractivity contribution >= 4 is 34.5 Å². The Bertz CT molecular complexity index is 1090. The average molecular weight is 450 g/mol. The molecule has 3 aromatic rings. The van der Waals surface area contributed by atoms with Crippen LogP contribution in [0.5, 0.6) is 0 Å². The van der Waals surface area contributed by atoms with Crippen molar-refractivity contribution < 1.29 is 18.0 Å². The number of carbonyl (C=O) groups is 1. The van der Waals surface area contributed by atoms with Crippen LogP contribution in [0.4, 0.5) is 19.0 Å². The first kappa shape index (κ1) is 21.4. The van der Waals surface area contributed by atoms with Crippen molar-refractivity contribution in [3.8, 4) is 0 Å². The first-order valence-corrected chi connectivity index (χ1v) is 11.1. The molecule has 164 valence electrons. The van der Waals surface area contributed by atoms with Gasteiger partial charge >= 0.3 is 6.18 Å². The Labute approximate surface area is 181 Å². The van der Waals surface area contributed by atoms with E-state index in [4.69, 9.17) is 0 Å². The molecule has 0 bridgehead atoms. The lowest BCUT2D eigenvalue weighted by Gasteiger charge is -2.17. The molecule has 0 spiro atoms. The molecular weight excluding hydrogens is 429 g/mol. The van der Waals surface area contributed by atoms with Gasteiger partial charge < -0.3 is 10.2 Å². The largest absolute Gasteiger partial charge is 0.417 e. The van der Waals surface area contributed by atoms with Crippen molar-refractivity contribution in [3.63, 3.8) is 0 Å². The number of alkyl halides is 3. The molecule has 4 rings (SSSR count). The molecule has 0 saturated carbocycles. The number of benzene rings is 1. The van der Waals surface area contributed by atoms with Gasteiger partial charge in [0.05, 0.1) is 29.3 Å². The first-order valence-electron chi connectivity index (χ1n) is 9.85. The Morgan fingerprint density at radius 1 is 1.19 bits per heavy atom. The minimum atomic E-state index is -4.59. The van der Waals surface area contributed by atoms with Gasteiger partial charge in [-0.05, 0) is 31.2 Å². The van der Waals surface area contributed by atoms with Gasteiger partial charge in [0.1, 0.15) is 5.82 Å². The molecular formula is C20H21F3N6OS. The molecule has 1 aliphatic rings. The molecule has 1 fully saturated rings. The second-order valence-electron chi connectivity index (χ2n) is 7.13. The van der Waals surface area contributed by atoms with E-state index in [9.17, 15) is 18.0 Å². The van der Waals surface area contributed by atoms with Crippen molar-refractivity contribution in [1.82, 2.24) is 25.1 Å². The maximum Gasteiger partial charge on any atom is 0.417 e. The highest BCUT2D eigenvalue weighted by molar-refractivity contribution is 7.98. The Morgan fingerprint density at radius 2 is 1.94 bits per heavy atom. The van der Waals surface area contributed by atoms with Crippen molar-refractivity contribution in [2.75, 3.05) is 30.8 Å². The van der Waals surface area contributed by atoms with Crippen LogP contribution in [-0.4, -0.2) is 51.5 Å². The summed E-state index contributed by atoms with van der Waals surface area (Å²) in [6.45, 7) is 2.24. The maximum absolute atomic E-state index is 13.2. The van der Waals surface area contributed by atoms with Gasteiger partial charge in [0.15, 0.2) is 10.8 Å². The number of hydrogen-bond acceptors (Lipinski definition) is 6. The fourth-order valence-corrected chi connectivity index (χ4v) is 4.00.